The van der Waals surface area contributed by atoms with Gasteiger partial charge in [-0.15, -0.1) is 0 Å². The molecular weight excluding hydrogens is 379 g/mol. The van der Waals surface area contributed by atoms with Gasteiger partial charge in [0.1, 0.15) is 5.82 Å². The van der Waals surface area contributed by atoms with Gasteiger partial charge in [-0.3, -0.25) is 4.79 Å². The number of carbonyl (C=O) groups excluding carboxylic acids is 1. The third-order valence-electron chi connectivity index (χ3n) is 5.35. The van der Waals surface area contributed by atoms with Crippen molar-refractivity contribution < 1.29 is 23.5 Å². The average molecular weight is 398 g/mol. The Bertz CT molecular complexity index is 987. The van der Waals surface area contributed by atoms with E-state index in [-0.39, 0.29) is 40.8 Å². The van der Waals surface area contributed by atoms with Crippen LogP contribution in [0.25, 0.3) is 11.5 Å². The van der Waals surface area contributed by atoms with Crippen LogP contribution in [0.5, 0.6) is 0 Å². The molecule has 150 valence electrons. The summed E-state index contributed by atoms with van der Waals surface area (Å²) in [6.07, 6.45) is 3.28. The Balaban J connectivity index is 1.53. The largest absolute Gasteiger partial charge is 0.465 e. The number of benzene rings is 1. The fourth-order valence-corrected chi connectivity index (χ4v) is 3.70. The highest BCUT2D eigenvalue weighted by Gasteiger charge is 2.40. The summed E-state index contributed by atoms with van der Waals surface area (Å²) in [5.41, 5.74) is 0.262. The summed E-state index contributed by atoms with van der Waals surface area (Å²) in [5, 5.41) is 18.0. The Morgan fingerprint density at radius 3 is 2.52 bits per heavy atom. The molecule has 8 nitrogen and oxygen atoms in total. The van der Waals surface area contributed by atoms with Gasteiger partial charge in [0.25, 0.3) is 5.91 Å². The number of piperidine rings is 1. The molecule has 1 saturated carbocycles. The fraction of sp³-hybridized carbons (Fsp3) is 0.400. The predicted molar refractivity (Wildman–Crippen MR) is 98.4 cm³/mol. The third-order valence-corrected chi connectivity index (χ3v) is 5.35. The topological polar surface area (TPSA) is 111 Å². The van der Waals surface area contributed by atoms with Crippen LogP contribution in [-0.4, -0.2) is 57.1 Å². The van der Waals surface area contributed by atoms with Gasteiger partial charge < -0.3 is 19.3 Å². The number of carboxylic acid groups (broad SMARTS) is 1. The minimum absolute atomic E-state index is 0.0215. The van der Waals surface area contributed by atoms with E-state index in [4.69, 9.17) is 14.8 Å². The molecule has 0 bridgehead atoms. The number of nitrogens with zero attached hydrogens (tertiary/aromatic N) is 4. The number of carbonyl (C=O) groups is 2. The molecule has 1 aliphatic heterocycles. The van der Waals surface area contributed by atoms with E-state index in [2.05, 4.69) is 4.98 Å². The minimum Gasteiger partial charge on any atom is -0.465 e. The zero-order chi connectivity index (χ0) is 20.5. The quantitative estimate of drug-likeness (QED) is 0.847. The van der Waals surface area contributed by atoms with E-state index in [9.17, 15) is 14.0 Å². The van der Waals surface area contributed by atoms with Gasteiger partial charge in [-0.1, -0.05) is 0 Å². The lowest BCUT2D eigenvalue weighted by Crippen LogP contribution is -2.49. The number of amides is 2. The van der Waals surface area contributed by atoms with E-state index in [1.807, 2.05) is 6.07 Å². The highest BCUT2D eigenvalue weighted by molar-refractivity contribution is 5.92. The summed E-state index contributed by atoms with van der Waals surface area (Å²) in [6.45, 7) is 0.767. The lowest BCUT2D eigenvalue weighted by atomic mass is 10.0. The van der Waals surface area contributed by atoms with Gasteiger partial charge in [0.15, 0.2) is 0 Å². The van der Waals surface area contributed by atoms with Gasteiger partial charge >= 0.3 is 6.09 Å². The molecule has 0 radical (unpaired) electrons. The van der Waals surface area contributed by atoms with Crippen LogP contribution >= 0.6 is 0 Å². The molecule has 4 rings (SSSR count). The first-order chi connectivity index (χ1) is 14.0. The van der Waals surface area contributed by atoms with Crippen LogP contribution in [0, 0.1) is 17.1 Å². The van der Waals surface area contributed by atoms with E-state index < -0.39 is 11.9 Å². The summed E-state index contributed by atoms with van der Waals surface area (Å²) < 4.78 is 19.8. The van der Waals surface area contributed by atoms with Crippen molar-refractivity contribution in [2.75, 3.05) is 13.1 Å². The van der Waals surface area contributed by atoms with Crippen molar-refractivity contribution in [3.8, 4) is 17.5 Å². The lowest BCUT2D eigenvalue weighted by molar-refractivity contribution is 0.0522. The smallest absolute Gasteiger partial charge is 0.407 e. The molecule has 1 saturated heterocycles. The molecule has 1 aromatic carbocycles. The number of hydrogen-bond acceptors (Lipinski definition) is 5. The Labute approximate surface area is 166 Å². The highest BCUT2D eigenvalue weighted by Crippen LogP contribution is 2.34. The van der Waals surface area contributed by atoms with Crippen molar-refractivity contribution in [1.29, 1.82) is 5.26 Å². The first-order valence-electron chi connectivity index (χ1n) is 9.44. The van der Waals surface area contributed by atoms with Crippen LogP contribution < -0.4 is 0 Å². The molecule has 0 unspecified atom stereocenters. The first kappa shape index (κ1) is 18.9. The monoisotopic (exact) mass is 398 g/mol. The summed E-state index contributed by atoms with van der Waals surface area (Å²) >= 11 is 0. The van der Waals surface area contributed by atoms with E-state index >= 15 is 0 Å². The second-order valence-corrected chi connectivity index (χ2v) is 7.28. The Morgan fingerprint density at radius 1 is 1.24 bits per heavy atom. The first-order valence-corrected chi connectivity index (χ1v) is 9.44. The number of aromatic nitrogens is 1. The van der Waals surface area contributed by atoms with Crippen molar-refractivity contribution >= 4 is 12.0 Å². The number of halogens is 1. The molecule has 0 spiro atoms. The van der Waals surface area contributed by atoms with Crippen LogP contribution in [-0.2, 0) is 0 Å². The van der Waals surface area contributed by atoms with Crippen molar-refractivity contribution in [2.45, 2.75) is 37.8 Å². The van der Waals surface area contributed by atoms with Gasteiger partial charge in [0.2, 0.25) is 11.7 Å². The molecular formula is C20H19FN4O4. The number of hydrogen-bond donors (Lipinski definition) is 1. The maximum absolute atomic E-state index is 14.2. The fourth-order valence-electron chi connectivity index (χ4n) is 3.70. The van der Waals surface area contributed by atoms with Crippen molar-refractivity contribution in [3.05, 3.63) is 41.5 Å². The Morgan fingerprint density at radius 2 is 1.93 bits per heavy atom. The van der Waals surface area contributed by atoms with Crippen LogP contribution in [0.4, 0.5) is 9.18 Å². The summed E-state index contributed by atoms with van der Waals surface area (Å²) in [4.78, 5) is 31.4. The van der Waals surface area contributed by atoms with Crippen LogP contribution in [0.15, 0.2) is 28.8 Å². The van der Waals surface area contributed by atoms with Gasteiger partial charge in [-0.05, 0) is 43.9 Å². The molecule has 29 heavy (non-hydrogen) atoms. The van der Waals surface area contributed by atoms with Crippen molar-refractivity contribution in [2.24, 2.45) is 0 Å². The third kappa shape index (κ3) is 3.78. The summed E-state index contributed by atoms with van der Waals surface area (Å²) in [6, 6.07) is 5.85. The summed E-state index contributed by atoms with van der Waals surface area (Å²) in [7, 11) is 0. The van der Waals surface area contributed by atoms with Crippen molar-refractivity contribution in [3.63, 3.8) is 0 Å². The molecule has 0 atom stereocenters. The van der Waals surface area contributed by atoms with Gasteiger partial charge in [0, 0.05) is 25.2 Å². The lowest BCUT2D eigenvalue weighted by Gasteiger charge is -2.37. The predicted octanol–water partition coefficient (Wildman–Crippen LogP) is 3.10. The zero-order valence-corrected chi connectivity index (χ0v) is 15.5. The number of rotatable bonds is 4. The minimum atomic E-state index is -0.947. The van der Waals surface area contributed by atoms with E-state index in [0.29, 0.717) is 25.9 Å². The van der Waals surface area contributed by atoms with E-state index in [0.717, 1.165) is 18.9 Å². The van der Waals surface area contributed by atoms with Gasteiger partial charge in [-0.2, -0.15) is 5.26 Å². The highest BCUT2D eigenvalue weighted by atomic mass is 19.1. The SMILES string of the molecule is N#Cc1ccc(-c2ncc(C(=O)N(C3CC3)C3CCN(C(=O)O)CC3)o2)c(F)c1. The second-order valence-electron chi connectivity index (χ2n) is 7.28. The maximum atomic E-state index is 14.2. The van der Waals surface area contributed by atoms with Gasteiger partial charge in [0.05, 0.1) is 23.4 Å². The average Bonchev–Trinajstić information content (AvgIpc) is 3.43. The molecule has 1 N–H and O–H groups in total. The van der Waals surface area contributed by atoms with E-state index in [1.165, 1.54) is 23.2 Å². The van der Waals surface area contributed by atoms with Crippen LogP contribution in [0.3, 0.4) is 0 Å². The molecule has 9 heteroatoms. The normalized spacial score (nSPS) is 17.0. The molecule has 2 fully saturated rings. The second kappa shape index (κ2) is 7.54. The standard InChI is InChI=1S/C20H19FN4O4/c21-16-9-12(10-22)1-4-15(16)18-23-11-17(29-18)19(26)25(13-2-3-13)14-5-7-24(8-6-14)20(27)28/h1,4,9,11,13-14H,2-3,5-8H2,(H,27,28). The maximum Gasteiger partial charge on any atom is 0.407 e. The molecule has 2 aliphatic rings. The zero-order valence-electron chi connectivity index (χ0n) is 15.5. The molecule has 1 aromatic heterocycles. The number of oxazole rings is 1. The molecule has 2 heterocycles. The van der Waals surface area contributed by atoms with Crippen LogP contribution in [0.1, 0.15) is 41.8 Å². The number of nitriles is 1. The molecule has 1 aliphatic carbocycles. The van der Waals surface area contributed by atoms with E-state index in [1.54, 1.807) is 4.90 Å². The Hall–Kier alpha value is -3.41. The molecule has 2 aromatic rings. The van der Waals surface area contributed by atoms with Crippen LogP contribution in [0.2, 0.25) is 0 Å². The Kier molecular flexibility index (Phi) is 4.92. The number of likely N-dealkylation sites (tertiary alicyclic amines) is 1. The summed E-state index contributed by atoms with van der Waals surface area (Å²) in [5.74, 6) is -0.956. The van der Waals surface area contributed by atoms with Crippen molar-refractivity contribution in [1.82, 2.24) is 14.8 Å². The molecule has 2 amide bonds. The van der Waals surface area contributed by atoms with Gasteiger partial charge in [-0.25, -0.2) is 14.2 Å².